The molecule has 0 bridgehead atoms. The quantitative estimate of drug-likeness (QED) is 0.418. The van der Waals surface area contributed by atoms with E-state index in [0.29, 0.717) is 6.42 Å². The van der Waals surface area contributed by atoms with Gasteiger partial charge in [-0.05, 0) is 13.2 Å². The summed E-state index contributed by atoms with van der Waals surface area (Å²) in [6.45, 7) is 4.17. The summed E-state index contributed by atoms with van der Waals surface area (Å²) >= 11 is -1.73. The van der Waals surface area contributed by atoms with Gasteiger partial charge in [-0.2, -0.15) is 0 Å². The maximum atomic E-state index is 10.5. The van der Waals surface area contributed by atoms with Gasteiger partial charge in [-0.3, -0.25) is 0 Å². The Morgan fingerprint density at radius 3 is 3.00 bits per heavy atom. The highest BCUT2D eigenvalue weighted by atomic mass is 32.2. The summed E-state index contributed by atoms with van der Waals surface area (Å²) < 4.78 is 19.2. The van der Waals surface area contributed by atoms with Gasteiger partial charge < -0.3 is 19.7 Å². The number of rotatable bonds is 4. The summed E-state index contributed by atoms with van der Waals surface area (Å²) in [5.74, 6) is 0.273. The van der Waals surface area contributed by atoms with Gasteiger partial charge >= 0.3 is 7.05 Å². The third-order valence-electron chi connectivity index (χ3n) is 2.50. The summed E-state index contributed by atoms with van der Waals surface area (Å²) in [6, 6.07) is 0.167. The summed E-state index contributed by atoms with van der Waals surface area (Å²) in [4.78, 5) is 1.96. The van der Waals surface area contributed by atoms with E-state index in [4.69, 9.17) is 4.55 Å². The van der Waals surface area contributed by atoms with Crippen LogP contribution in [0.25, 0.3) is 0 Å². The molecule has 1 rings (SSSR count). The number of nitrogens with one attached hydrogen (secondary N) is 1. The number of piperazine rings is 1. The fraction of sp³-hybridized carbons (Fsp3) is 1.00. The molecule has 1 fully saturated rings. The molecule has 0 aliphatic carbocycles. The molecule has 82 valence electrons. The molecule has 14 heavy (non-hydrogen) atoms. The Hall–Kier alpha value is 0.0549. The van der Waals surface area contributed by atoms with Gasteiger partial charge in [0.25, 0.3) is 0 Å². The molecule has 0 spiro atoms. The molecule has 3 N–H and O–H groups in total. The van der Waals surface area contributed by atoms with Crippen molar-refractivity contribution in [3.63, 3.8) is 0 Å². The summed E-state index contributed by atoms with van der Waals surface area (Å²) in [7, 11) is -0.478. The molecule has 0 amide bonds. The first-order chi connectivity index (χ1) is 6.61. The molecule has 1 saturated heterocycles. The lowest BCUT2D eigenvalue weighted by atomic mass is 9.81. The molecule has 1 aliphatic heterocycles. The standard InChI is InChI=1S/C7H17BN2O3S/c1-8(11)10-4-3-9-6-7(10)2-5-14(12)13/h7,9,11H,2-6H2,1H3,(H,12,13)/t7-/m0/s1. The van der Waals surface area contributed by atoms with Crippen LogP contribution in [0.15, 0.2) is 0 Å². The molecule has 1 heterocycles. The largest absolute Gasteiger partial charge is 0.437 e. The average Bonchev–Trinajstić information content (AvgIpc) is 2.15. The highest BCUT2D eigenvalue weighted by molar-refractivity contribution is 7.79. The van der Waals surface area contributed by atoms with Crippen LogP contribution in [0.3, 0.4) is 0 Å². The Morgan fingerprint density at radius 2 is 2.43 bits per heavy atom. The summed E-state index contributed by atoms with van der Waals surface area (Å²) in [5.41, 5.74) is 0. The normalized spacial score (nSPS) is 26.1. The van der Waals surface area contributed by atoms with Crippen LogP contribution in [0.5, 0.6) is 0 Å². The SMILES string of the molecule is CB(O)N1CCNC[C@@H]1CCS(=O)O. The first-order valence-electron chi connectivity index (χ1n) is 4.83. The lowest BCUT2D eigenvalue weighted by molar-refractivity contribution is 0.234. The zero-order chi connectivity index (χ0) is 10.6. The van der Waals surface area contributed by atoms with Gasteiger partial charge in [-0.1, -0.05) is 0 Å². The van der Waals surface area contributed by atoms with Crippen LogP contribution in [0.1, 0.15) is 6.42 Å². The second-order valence-electron chi connectivity index (χ2n) is 3.54. The monoisotopic (exact) mass is 220 g/mol. The minimum atomic E-state index is -1.73. The summed E-state index contributed by atoms with van der Waals surface area (Å²) in [6.07, 6.45) is 0.640. The van der Waals surface area contributed by atoms with Crippen LogP contribution in [-0.4, -0.2) is 57.1 Å². The molecule has 0 aromatic carbocycles. The molecule has 7 heteroatoms. The lowest BCUT2D eigenvalue weighted by Gasteiger charge is -2.36. The van der Waals surface area contributed by atoms with Crippen molar-refractivity contribution >= 4 is 18.1 Å². The molecule has 0 aromatic rings. The molecule has 5 nitrogen and oxygen atoms in total. The molecule has 2 atom stereocenters. The third kappa shape index (κ3) is 3.66. The Bertz CT molecular complexity index is 205. The first kappa shape index (κ1) is 12.1. The molecule has 0 aromatic heterocycles. The van der Waals surface area contributed by atoms with Crippen LogP contribution in [-0.2, 0) is 11.1 Å². The van der Waals surface area contributed by atoms with Crippen molar-refractivity contribution in [2.24, 2.45) is 0 Å². The predicted molar refractivity (Wildman–Crippen MR) is 57.5 cm³/mol. The van der Waals surface area contributed by atoms with Gasteiger partial charge in [0.05, 0.1) is 5.75 Å². The van der Waals surface area contributed by atoms with E-state index in [1.54, 1.807) is 6.82 Å². The average molecular weight is 220 g/mol. The van der Waals surface area contributed by atoms with Gasteiger partial charge in [0.15, 0.2) is 11.1 Å². The van der Waals surface area contributed by atoms with Crippen molar-refractivity contribution < 1.29 is 13.8 Å². The number of hydrogen-bond acceptors (Lipinski definition) is 4. The van der Waals surface area contributed by atoms with Gasteiger partial charge in [0, 0.05) is 25.7 Å². The fourth-order valence-electron chi connectivity index (χ4n) is 1.77. The van der Waals surface area contributed by atoms with Crippen molar-refractivity contribution in [3.8, 4) is 0 Å². The van der Waals surface area contributed by atoms with E-state index in [9.17, 15) is 9.23 Å². The van der Waals surface area contributed by atoms with Crippen LogP contribution < -0.4 is 5.32 Å². The van der Waals surface area contributed by atoms with Gasteiger partial charge in [-0.25, -0.2) is 4.21 Å². The molecule has 0 radical (unpaired) electrons. The zero-order valence-electron chi connectivity index (χ0n) is 8.35. The van der Waals surface area contributed by atoms with Gasteiger partial charge in [-0.15, -0.1) is 0 Å². The molecular formula is C7H17BN2O3S. The third-order valence-corrected chi connectivity index (χ3v) is 3.09. The molecule has 1 aliphatic rings. The van der Waals surface area contributed by atoms with Gasteiger partial charge in [0.1, 0.15) is 0 Å². The maximum Gasteiger partial charge on any atom is 0.376 e. The van der Waals surface area contributed by atoms with Crippen LogP contribution in [0, 0.1) is 0 Å². The highest BCUT2D eigenvalue weighted by Crippen LogP contribution is 2.08. The van der Waals surface area contributed by atoms with Crippen molar-refractivity contribution in [3.05, 3.63) is 0 Å². The maximum absolute atomic E-state index is 10.5. The van der Waals surface area contributed by atoms with Crippen molar-refractivity contribution in [2.75, 3.05) is 25.4 Å². The van der Waals surface area contributed by atoms with E-state index in [1.807, 2.05) is 4.81 Å². The Kier molecular flexibility index (Phi) is 5.04. The molecule has 0 saturated carbocycles. The lowest BCUT2D eigenvalue weighted by Crippen LogP contribution is -2.56. The molecular weight excluding hydrogens is 203 g/mol. The fourth-order valence-corrected chi connectivity index (χ4v) is 2.25. The smallest absolute Gasteiger partial charge is 0.376 e. The van der Waals surface area contributed by atoms with Crippen molar-refractivity contribution in [1.82, 2.24) is 10.1 Å². The van der Waals surface area contributed by atoms with Crippen molar-refractivity contribution in [1.29, 1.82) is 0 Å². The molecule has 1 unspecified atom stereocenters. The second-order valence-corrected chi connectivity index (χ2v) is 4.59. The topological polar surface area (TPSA) is 72.8 Å². The second kappa shape index (κ2) is 5.82. The summed E-state index contributed by atoms with van der Waals surface area (Å²) in [5, 5.41) is 12.7. The first-order valence-corrected chi connectivity index (χ1v) is 6.11. The van der Waals surface area contributed by atoms with E-state index in [0.717, 1.165) is 19.6 Å². The predicted octanol–water partition coefficient (Wildman–Crippen LogP) is -1.02. The van der Waals surface area contributed by atoms with E-state index >= 15 is 0 Å². The minimum Gasteiger partial charge on any atom is -0.437 e. The Balaban J connectivity index is 2.41. The van der Waals surface area contributed by atoms with Crippen LogP contribution in [0.4, 0.5) is 0 Å². The van der Waals surface area contributed by atoms with E-state index in [-0.39, 0.29) is 11.8 Å². The number of hydrogen-bond donors (Lipinski definition) is 3. The van der Waals surface area contributed by atoms with E-state index in [1.165, 1.54) is 0 Å². The van der Waals surface area contributed by atoms with Gasteiger partial charge in [0.2, 0.25) is 0 Å². The van der Waals surface area contributed by atoms with Crippen LogP contribution >= 0.6 is 0 Å². The van der Waals surface area contributed by atoms with E-state index in [2.05, 4.69) is 5.32 Å². The van der Waals surface area contributed by atoms with Crippen LogP contribution in [0.2, 0.25) is 6.82 Å². The van der Waals surface area contributed by atoms with Crippen molar-refractivity contribution in [2.45, 2.75) is 19.3 Å². The highest BCUT2D eigenvalue weighted by Gasteiger charge is 2.27. The van der Waals surface area contributed by atoms with E-state index < -0.39 is 18.1 Å². The zero-order valence-corrected chi connectivity index (χ0v) is 9.16. The Morgan fingerprint density at radius 1 is 1.71 bits per heavy atom. The number of nitrogens with zero attached hydrogens (tertiary/aromatic N) is 1. The minimum absolute atomic E-state index is 0.167. The Labute approximate surface area is 87.3 Å².